The monoisotopic (exact) mass is 316 g/mol. The van der Waals surface area contributed by atoms with E-state index in [0.29, 0.717) is 10.8 Å². The fourth-order valence-corrected chi connectivity index (χ4v) is 2.75. The molecule has 118 valence electrons. The van der Waals surface area contributed by atoms with Crippen LogP contribution in [0.25, 0.3) is 0 Å². The van der Waals surface area contributed by atoms with E-state index in [9.17, 15) is 19.3 Å². The first-order valence-electron chi connectivity index (χ1n) is 6.73. The zero-order valence-electron chi connectivity index (χ0n) is 12.3. The molecule has 9 nitrogen and oxygen atoms in total. The molecule has 1 aromatic rings. The fraction of sp³-hybridized carbons (Fsp3) is 0.286. The number of benzene rings is 1. The molecule has 2 atom stereocenters. The molecule has 3 rings (SSSR count). The van der Waals surface area contributed by atoms with Gasteiger partial charge >= 0.3 is 5.97 Å². The largest absolute Gasteiger partial charge is 0.464 e. The SMILES string of the molecule is COC(=O)C1=NN(N=O)[C@H]2C(=O)N(c3cccc(C)c3)C(=O)[C@H]12. The molecule has 0 aliphatic carbocycles. The van der Waals surface area contributed by atoms with Crippen molar-refractivity contribution in [2.45, 2.75) is 13.0 Å². The molecular formula is C14H12N4O5. The van der Waals surface area contributed by atoms with Crippen LogP contribution in [0.3, 0.4) is 0 Å². The molecule has 0 spiro atoms. The Morgan fingerprint density at radius 1 is 1.30 bits per heavy atom. The first kappa shape index (κ1) is 14.8. The van der Waals surface area contributed by atoms with Crippen LogP contribution in [0.1, 0.15) is 5.56 Å². The van der Waals surface area contributed by atoms with Crippen LogP contribution in [0, 0.1) is 17.7 Å². The van der Waals surface area contributed by atoms with Crippen LogP contribution < -0.4 is 4.90 Å². The standard InChI is InChI=1S/C14H12N4O5/c1-7-4-3-5-8(6-7)17-12(19)9-10(14(21)23-2)15-18(16-22)11(9)13(17)20/h3-6,9,11H,1-2H3/t9-,11-/m1/s1. The van der Waals surface area contributed by atoms with Crippen molar-refractivity contribution in [1.82, 2.24) is 5.12 Å². The minimum absolute atomic E-state index is 0.300. The average molecular weight is 316 g/mol. The molecule has 0 bridgehead atoms. The van der Waals surface area contributed by atoms with Crippen molar-refractivity contribution < 1.29 is 19.1 Å². The smallest absolute Gasteiger partial charge is 0.355 e. The van der Waals surface area contributed by atoms with Crippen LogP contribution in [-0.2, 0) is 19.1 Å². The Morgan fingerprint density at radius 3 is 2.65 bits per heavy atom. The van der Waals surface area contributed by atoms with Gasteiger partial charge in [-0.25, -0.2) is 9.69 Å². The number of nitroso groups, excluding NO2 is 1. The fourth-order valence-electron chi connectivity index (χ4n) is 2.75. The second kappa shape index (κ2) is 5.27. The highest BCUT2D eigenvalue weighted by atomic mass is 16.5. The third kappa shape index (κ3) is 2.08. The predicted octanol–water partition coefficient (Wildman–Crippen LogP) is 0.379. The van der Waals surface area contributed by atoms with Gasteiger partial charge in [0.2, 0.25) is 5.91 Å². The number of esters is 1. The second-order valence-corrected chi connectivity index (χ2v) is 5.15. The van der Waals surface area contributed by atoms with Gasteiger partial charge in [0, 0.05) is 0 Å². The van der Waals surface area contributed by atoms with Gasteiger partial charge in [0.25, 0.3) is 5.91 Å². The number of amides is 2. The summed E-state index contributed by atoms with van der Waals surface area (Å²) in [6, 6.07) is 5.51. The quantitative estimate of drug-likeness (QED) is 0.453. The van der Waals surface area contributed by atoms with Crippen molar-refractivity contribution in [3.8, 4) is 0 Å². The molecule has 1 aromatic carbocycles. The van der Waals surface area contributed by atoms with Gasteiger partial charge in [-0.2, -0.15) is 0 Å². The third-order valence-corrected chi connectivity index (χ3v) is 3.77. The summed E-state index contributed by atoms with van der Waals surface area (Å²) in [4.78, 5) is 48.8. The molecule has 0 N–H and O–H groups in total. The highest BCUT2D eigenvalue weighted by Crippen LogP contribution is 2.35. The number of anilines is 1. The van der Waals surface area contributed by atoms with Gasteiger partial charge in [-0.3, -0.25) is 9.59 Å². The van der Waals surface area contributed by atoms with Gasteiger partial charge < -0.3 is 4.74 Å². The molecule has 2 aliphatic rings. The molecular weight excluding hydrogens is 304 g/mol. The van der Waals surface area contributed by atoms with Crippen molar-refractivity contribution in [3.05, 3.63) is 34.7 Å². The molecule has 2 aliphatic heterocycles. The number of hydrogen-bond donors (Lipinski definition) is 0. The minimum atomic E-state index is -1.25. The summed E-state index contributed by atoms with van der Waals surface area (Å²) in [6.45, 7) is 1.82. The number of carbonyl (C=O) groups is 3. The van der Waals surface area contributed by atoms with Gasteiger partial charge in [-0.15, -0.1) is 15.1 Å². The summed E-state index contributed by atoms with van der Waals surface area (Å²) in [5.41, 5.74) is 0.919. The summed E-state index contributed by atoms with van der Waals surface area (Å²) in [7, 11) is 1.12. The van der Waals surface area contributed by atoms with Crippen LogP contribution in [0.4, 0.5) is 5.69 Å². The normalized spacial score (nSPS) is 23.0. The van der Waals surface area contributed by atoms with Gasteiger partial charge in [0.05, 0.1) is 18.1 Å². The van der Waals surface area contributed by atoms with Gasteiger partial charge in [-0.1, -0.05) is 12.1 Å². The van der Waals surface area contributed by atoms with Crippen molar-refractivity contribution >= 4 is 29.2 Å². The Hall–Kier alpha value is -3.10. The molecule has 0 aromatic heterocycles. The molecule has 0 radical (unpaired) electrons. The van der Waals surface area contributed by atoms with E-state index in [1.165, 1.54) is 0 Å². The number of carbonyl (C=O) groups excluding carboxylic acids is 3. The number of nitrogens with zero attached hydrogens (tertiary/aromatic N) is 4. The van der Waals surface area contributed by atoms with Crippen LogP contribution >= 0.6 is 0 Å². The maximum atomic E-state index is 12.6. The van der Waals surface area contributed by atoms with Crippen molar-refractivity contribution in [2.75, 3.05) is 12.0 Å². The predicted molar refractivity (Wildman–Crippen MR) is 78.0 cm³/mol. The number of hydrazone groups is 1. The number of methoxy groups -OCH3 is 1. The lowest BCUT2D eigenvalue weighted by molar-refractivity contribution is -0.133. The molecule has 9 heteroatoms. The van der Waals surface area contributed by atoms with Gasteiger partial charge in [-0.05, 0) is 24.6 Å². The summed E-state index contributed by atoms with van der Waals surface area (Å²) >= 11 is 0. The topological polar surface area (TPSA) is 109 Å². The Bertz CT molecular complexity index is 759. The molecule has 2 amide bonds. The van der Waals surface area contributed by atoms with E-state index in [1.54, 1.807) is 18.2 Å². The summed E-state index contributed by atoms with van der Waals surface area (Å²) in [5.74, 6) is -3.37. The average Bonchev–Trinajstić information content (AvgIpc) is 3.04. The van der Waals surface area contributed by atoms with Crippen molar-refractivity contribution in [2.24, 2.45) is 16.3 Å². The first-order chi connectivity index (χ1) is 11.0. The number of rotatable bonds is 3. The molecule has 1 fully saturated rings. The third-order valence-electron chi connectivity index (χ3n) is 3.77. The first-order valence-corrected chi connectivity index (χ1v) is 6.73. The van der Waals surface area contributed by atoms with Gasteiger partial charge in [0.15, 0.2) is 11.8 Å². The highest BCUT2D eigenvalue weighted by Gasteiger charge is 2.59. The lowest BCUT2D eigenvalue weighted by Crippen LogP contribution is -2.36. The zero-order chi connectivity index (χ0) is 16.7. The van der Waals surface area contributed by atoms with Crippen LogP contribution in [0.2, 0.25) is 0 Å². The van der Waals surface area contributed by atoms with E-state index in [0.717, 1.165) is 17.6 Å². The zero-order valence-corrected chi connectivity index (χ0v) is 12.3. The minimum Gasteiger partial charge on any atom is -0.464 e. The maximum Gasteiger partial charge on any atom is 0.355 e. The second-order valence-electron chi connectivity index (χ2n) is 5.15. The molecule has 1 saturated heterocycles. The van der Waals surface area contributed by atoms with Crippen LogP contribution in [0.15, 0.2) is 34.7 Å². The Kier molecular flexibility index (Phi) is 3.40. The number of aryl methyl sites for hydroxylation is 1. The lowest BCUT2D eigenvalue weighted by atomic mass is 9.98. The Morgan fingerprint density at radius 2 is 2.04 bits per heavy atom. The summed E-state index contributed by atoms with van der Waals surface area (Å²) < 4.78 is 4.56. The maximum absolute atomic E-state index is 12.6. The van der Waals surface area contributed by atoms with Crippen LogP contribution in [-0.4, -0.2) is 41.8 Å². The van der Waals surface area contributed by atoms with E-state index >= 15 is 0 Å². The van der Waals surface area contributed by atoms with Crippen LogP contribution in [0.5, 0.6) is 0 Å². The van der Waals surface area contributed by atoms with E-state index < -0.39 is 29.7 Å². The molecule has 23 heavy (non-hydrogen) atoms. The van der Waals surface area contributed by atoms with Crippen molar-refractivity contribution in [3.63, 3.8) is 0 Å². The number of imide groups is 1. The van der Waals surface area contributed by atoms with Crippen molar-refractivity contribution in [1.29, 1.82) is 0 Å². The van der Waals surface area contributed by atoms with E-state index in [2.05, 4.69) is 15.1 Å². The number of hydrogen-bond acceptors (Lipinski definition) is 7. The number of ether oxygens (including phenoxy) is 1. The Balaban J connectivity index is 2.05. The summed E-state index contributed by atoms with van der Waals surface area (Å²) in [6.07, 6.45) is 0. The molecule has 0 saturated carbocycles. The van der Waals surface area contributed by atoms with E-state index in [-0.39, 0.29) is 5.71 Å². The van der Waals surface area contributed by atoms with E-state index in [1.807, 2.05) is 13.0 Å². The van der Waals surface area contributed by atoms with E-state index in [4.69, 9.17) is 0 Å². The number of fused-ring (bicyclic) bond motifs is 1. The lowest BCUT2D eigenvalue weighted by Gasteiger charge is -2.17. The van der Waals surface area contributed by atoms with Gasteiger partial charge in [0.1, 0.15) is 5.92 Å². The molecule has 0 unspecified atom stereocenters. The molecule has 2 heterocycles. The highest BCUT2D eigenvalue weighted by molar-refractivity contribution is 6.46. The summed E-state index contributed by atoms with van der Waals surface area (Å²) in [5, 5.41) is 6.80. The Labute approximate surface area is 130 Å².